The van der Waals surface area contributed by atoms with Crippen LogP contribution in [-0.4, -0.2) is 47.6 Å². The molecule has 0 bridgehead atoms. The minimum Gasteiger partial charge on any atom is -0.391 e. The molecule has 0 aromatic rings. The summed E-state index contributed by atoms with van der Waals surface area (Å²) in [6, 6.07) is -1.78. The van der Waals surface area contributed by atoms with E-state index >= 15 is 0 Å². The molecule has 0 aromatic carbocycles. The van der Waals surface area contributed by atoms with Crippen molar-refractivity contribution in [2.24, 2.45) is 5.73 Å². The number of carbonyl (C=O) groups excluding carboxylic acids is 2. The molecule has 130 valence electrons. The van der Waals surface area contributed by atoms with Crippen LogP contribution in [0, 0.1) is 11.8 Å². The van der Waals surface area contributed by atoms with E-state index < -0.39 is 24.1 Å². The number of Topliss-reactive ketones (excluding diaryl/α,β-unsaturated/α-hetero) is 1. The van der Waals surface area contributed by atoms with Gasteiger partial charge in [0, 0.05) is 12.5 Å². The van der Waals surface area contributed by atoms with Crippen LogP contribution in [0.3, 0.4) is 0 Å². The molecule has 0 saturated carbocycles. The van der Waals surface area contributed by atoms with Gasteiger partial charge < -0.3 is 21.5 Å². The Morgan fingerprint density at radius 2 is 1.91 bits per heavy atom. The van der Waals surface area contributed by atoms with E-state index in [1.807, 2.05) is 13.8 Å². The zero-order valence-electron chi connectivity index (χ0n) is 14.5. The molecule has 1 amide bonds. The number of hydrogen-bond acceptors (Lipinski definition) is 5. The molecule has 0 heterocycles. The summed E-state index contributed by atoms with van der Waals surface area (Å²) in [5.74, 6) is 4.79. The third-order valence-corrected chi connectivity index (χ3v) is 3.00. The van der Waals surface area contributed by atoms with E-state index in [0.29, 0.717) is 18.5 Å². The Kier molecular flexibility index (Phi) is 10.1. The van der Waals surface area contributed by atoms with E-state index in [9.17, 15) is 14.7 Å². The summed E-state index contributed by atoms with van der Waals surface area (Å²) in [5, 5.41) is 15.3. The lowest BCUT2D eigenvalue weighted by atomic mass is 10.1. The maximum absolute atomic E-state index is 12.3. The normalized spacial score (nSPS) is 14.4. The summed E-state index contributed by atoms with van der Waals surface area (Å²) in [6.45, 7) is 10.9. The van der Waals surface area contributed by atoms with Gasteiger partial charge in [-0.25, -0.2) is 0 Å². The van der Waals surface area contributed by atoms with E-state index in [1.165, 1.54) is 6.92 Å². The second kappa shape index (κ2) is 10.9. The smallest absolute Gasteiger partial charge is 0.241 e. The molecule has 23 heavy (non-hydrogen) atoms. The average Bonchev–Trinajstić information content (AvgIpc) is 2.46. The fourth-order valence-electron chi connectivity index (χ4n) is 1.80. The first kappa shape index (κ1) is 21.3. The number of rotatable bonds is 9. The molecular formula is C17H29N3O3. The fourth-order valence-corrected chi connectivity index (χ4v) is 1.80. The molecule has 0 radical (unpaired) electrons. The standard InChI is InChI=1S/C17H29N3O3/c1-11(2)16(22)14(9-7-6-8-10-18)20-17(23)15(13(5)21)19-12(3)4/h12-15,19,21H,1,6,8,10,18H2,2-5H3,(H,20,23)/t13?,14?,15-/m0/s1. The van der Waals surface area contributed by atoms with Crippen LogP contribution in [0.15, 0.2) is 12.2 Å². The van der Waals surface area contributed by atoms with Gasteiger partial charge in [0.25, 0.3) is 0 Å². The van der Waals surface area contributed by atoms with Crippen molar-refractivity contribution < 1.29 is 14.7 Å². The van der Waals surface area contributed by atoms with Crippen LogP contribution < -0.4 is 16.4 Å². The molecule has 0 aliphatic rings. The highest BCUT2D eigenvalue weighted by Gasteiger charge is 2.28. The molecule has 0 aliphatic carbocycles. The first-order chi connectivity index (χ1) is 10.7. The Morgan fingerprint density at radius 3 is 2.35 bits per heavy atom. The van der Waals surface area contributed by atoms with E-state index in [1.54, 1.807) is 6.92 Å². The summed E-state index contributed by atoms with van der Waals surface area (Å²) in [5.41, 5.74) is 5.71. The van der Waals surface area contributed by atoms with Gasteiger partial charge in [0.15, 0.2) is 11.8 Å². The van der Waals surface area contributed by atoms with Gasteiger partial charge in [-0.15, -0.1) is 5.92 Å². The highest BCUT2D eigenvalue weighted by atomic mass is 16.3. The summed E-state index contributed by atoms with van der Waals surface area (Å²) >= 11 is 0. The van der Waals surface area contributed by atoms with Crippen molar-refractivity contribution in [3.63, 3.8) is 0 Å². The topological polar surface area (TPSA) is 104 Å². The number of nitrogens with two attached hydrogens (primary N) is 1. The van der Waals surface area contributed by atoms with Crippen molar-refractivity contribution in [3.8, 4) is 11.8 Å². The number of aliphatic hydroxyl groups excluding tert-OH is 1. The highest BCUT2D eigenvalue weighted by Crippen LogP contribution is 2.01. The van der Waals surface area contributed by atoms with Crippen molar-refractivity contribution in [1.82, 2.24) is 10.6 Å². The lowest BCUT2D eigenvalue weighted by Gasteiger charge is -2.24. The van der Waals surface area contributed by atoms with Gasteiger partial charge in [0.2, 0.25) is 5.91 Å². The second-order valence-corrected chi connectivity index (χ2v) is 5.84. The molecule has 3 atom stereocenters. The zero-order valence-corrected chi connectivity index (χ0v) is 14.5. The Labute approximate surface area is 138 Å². The molecule has 0 spiro atoms. The lowest BCUT2D eigenvalue weighted by Crippen LogP contribution is -2.55. The molecule has 5 N–H and O–H groups in total. The third kappa shape index (κ3) is 8.50. The van der Waals surface area contributed by atoms with Gasteiger partial charge in [0.05, 0.1) is 6.10 Å². The minimum atomic E-state index is -0.965. The predicted molar refractivity (Wildman–Crippen MR) is 91.6 cm³/mol. The van der Waals surface area contributed by atoms with Crippen molar-refractivity contribution in [2.45, 2.75) is 64.8 Å². The molecular weight excluding hydrogens is 294 g/mol. The van der Waals surface area contributed by atoms with Gasteiger partial charge in [-0.1, -0.05) is 26.3 Å². The van der Waals surface area contributed by atoms with Crippen molar-refractivity contribution in [2.75, 3.05) is 6.54 Å². The molecule has 6 nitrogen and oxygen atoms in total. The maximum atomic E-state index is 12.3. The van der Waals surface area contributed by atoms with Gasteiger partial charge in [0.1, 0.15) is 6.04 Å². The Morgan fingerprint density at radius 1 is 1.30 bits per heavy atom. The summed E-state index contributed by atoms with van der Waals surface area (Å²) < 4.78 is 0. The van der Waals surface area contributed by atoms with E-state index in [4.69, 9.17) is 5.73 Å². The lowest BCUT2D eigenvalue weighted by molar-refractivity contribution is -0.128. The number of unbranched alkanes of at least 4 members (excludes halogenated alkanes) is 1. The summed E-state index contributed by atoms with van der Waals surface area (Å²) in [4.78, 5) is 24.5. The number of carbonyl (C=O) groups is 2. The Hall–Kier alpha value is -1.68. The van der Waals surface area contributed by atoms with Crippen LogP contribution >= 0.6 is 0 Å². The van der Waals surface area contributed by atoms with Crippen molar-refractivity contribution in [1.29, 1.82) is 0 Å². The van der Waals surface area contributed by atoms with Crippen LogP contribution in [-0.2, 0) is 9.59 Å². The van der Waals surface area contributed by atoms with Gasteiger partial charge in [-0.05, 0) is 32.4 Å². The van der Waals surface area contributed by atoms with Crippen molar-refractivity contribution >= 4 is 11.7 Å². The number of hydrogen-bond donors (Lipinski definition) is 4. The van der Waals surface area contributed by atoms with Crippen LogP contribution in [0.25, 0.3) is 0 Å². The quantitative estimate of drug-likeness (QED) is 0.274. The Bertz CT molecular complexity index is 475. The predicted octanol–water partition coefficient (Wildman–Crippen LogP) is 0.106. The first-order valence-corrected chi connectivity index (χ1v) is 7.83. The molecule has 0 fully saturated rings. The summed E-state index contributed by atoms with van der Waals surface area (Å²) in [7, 11) is 0. The van der Waals surface area contributed by atoms with Gasteiger partial charge in [-0.3, -0.25) is 9.59 Å². The van der Waals surface area contributed by atoms with Crippen LogP contribution in [0.2, 0.25) is 0 Å². The highest BCUT2D eigenvalue weighted by molar-refractivity contribution is 6.03. The van der Waals surface area contributed by atoms with Gasteiger partial charge >= 0.3 is 0 Å². The molecule has 2 unspecified atom stereocenters. The Balaban J connectivity index is 5.10. The zero-order chi connectivity index (χ0) is 18.0. The van der Waals surface area contributed by atoms with E-state index in [-0.39, 0.29) is 11.8 Å². The molecule has 0 saturated heterocycles. The minimum absolute atomic E-state index is 0.00582. The third-order valence-electron chi connectivity index (χ3n) is 3.00. The monoisotopic (exact) mass is 323 g/mol. The maximum Gasteiger partial charge on any atom is 0.241 e. The SMILES string of the molecule is C=C(C)C(=O)C(C#CCCCN)NC(=O)[C@@H](NC(C)C)C(C)O. The van der Waals surface area contributed by atoms with E-state index in [0.717, 1.165) is 6.42 Å². The number of aliphatic hydroxyl groups is 1. The number of ketones is 1. The largest absolute Gasteiger partial charge is 0.391 e. The number of nitrogens with one attached hydrogen (secondary N) is 2. The summed E-state index contributed by atoms with van der Waals surface area (Å²) in [6.07, 6.45) is 0.375. The molecule has 0 aliphatic heterocycles. The van der Waals surface area contributed by atoms with Crippen molar-refractivity contribution in [3.05, 3.63) is 12.2 Å². The fraction of sp³-hybridized carbons (Fsp3) is 0.647. The number of amides is 1. The van der Waals surface area contributed by atoms with Crippen LogP contribution in [0.5, 0.6) is 0 Å². The second-order valence-electron chi connectivity index (χ2n) is 5.84. The first-order valence-electron chi connectivity index (χ1n) is 7.83. The van der Waals surface area contributed by atoms with E-state index in [2.05, 4.69) is 29.1 Å². The van der Waals surface area contributed by atoms with Gasteiger partial charge in [-0.2, -0.15) is 0 Å². The average molecular weight is 323 g/mol. The molecule has 0 aromatic heterocycles. The van der Waals surface area contributed by atoms with Crippen LogP contribution in [0.4, 0.5) is 0 Å². The van der Waals surface area contributed by atoms with Crippen LogP contribution in [0.1, 0.15) is 40.5 Å². The molecule has 0 rings (SSSR count). The molecule has 6 heteroatoms.